The molecule has 0 bridgehead atoms. The van der Waals surface area contributed by atoms with Gasteiger partial charge in [-0.25, -0.2) is 0 Å². The Balaban J connectivity index is 2.08. The van der Waals surface area contributed by atoms with Gasteiger partial charge in [0.1, 0.15) is 0 Å². The molecule has 18 heavy (non-hydrogen) atoms. The molecule has 2 atom stereocenters. The van der Waals surface area contributed by atoms with Crippen LogP contribution in [0.15, 0.2) is 28.7 Å². The van der Waals surface area contributed by atoms with E-state index < -0.39 is 18.1 Å². The molecule has 1 nitrogen and oxygen atoms in total. The Kier molecular flexibility index (Phi) is 4.20. The number of nitrogens with one attached hydrogen (secondary N) is 1. The lowest BCUT2D eigenvalue weighted by Gasteiger charge is -2.34. The molecule has 1 aromatic rings. The standard InChI is InChI=1S/C13H15BrF3N/c14-9-5-7-10(8-6-9)18-12-4-2-1-3-11(12)13(15,16)17/h5-8,11-12,18H,1-4H2. The summed E-state index contributed by atoms with van der Waals surface area (Å²) in [5, 5.41) is 3.02. The molecular weight excluding hydrogens is 307 g/mol. The van der Waals surface area contributed by atoms with Gasteiger partial charge in [-0.1, -0.05) is 28.8 Å². The molecule has 0 aliphatic heterocycles. The molecule has 1 N–H and O–H groups in total. The summed E-state index contributed by atoms with van der Waals surface area (Å²) in [4.78, 5) is 0. The van der Waals surface area contributed by atoms with Crippen LogP contribution in [0.3, 0.4) is 0 Å². The van der Waals surface area contributed by atoms with Crippen LogP contribution in [0.4, 0.5) is 18.9 Å². The predicted molar refractivity (Wildman–Crippen MR) is 69.6 cm³/mol. The van der Waals surface area contributed by atoms with Gasteiger partial charge in [0.15, 0.2) is 0 Å². The van der Waals surface area contributed by atoms with Crippen molar-refractivity contribution in [1.29, 1.82) is 0 Å². The minimum absolute atomic E-state index is 0.234. The third kappa shape index (κ3) is 3.40. The first kappa shape index (κ1) is 13.7. The molecule has 0 amide bonds. The van der Waals surface area contributed by atoms with Crippen molar-refractivity contribution in [2.45, 2.75) is 37.9 Å². The second-order valence-electron chi connectivity index (χ2n) is 4.69. The van der Waals surface area contributed by atoms with E-state index in [0.29, 0.717) is 12.8 Å². The second kappa shape index (κ2) is 5.51. The van der Waals surface area contributed by atoms with Gasteiger partial charge >= 0.3 is 6.18 Å². The SMILES string of the molecule is FC(F)(F)C1CCCCC1Nc1ccc(Br)cc1. The van der Waals surface area contributed by atoms with Gasteiger partial charge in [0, 0.05) is 16.2 Å². The molecule has 2 unspecified atom stereocenters. The highest BCUT2D eigenvalue weighted by Gasteiger charge is 2.45. The summed E-state index contributed by atoms with van der Waals surface area (Å²) in [6.45, 7) is 0. The molecular formula is C13H15BrF3N. The number of rotatable bonds is 2. The number of anilines is 1. The van der Waals surface area contributed by atoms with Crippen molar-refractivity contribution in [1.82, 2.24) is 0 Å². The van der Waals surface area contributed by atoms with E-state index in [0.717, 1.165) is 16.6 Å². The van der Waals surface area contributed by atoms with Crippen LogP contribution in [0.5, 0.6) is 0 Å². The summed E-state index contributed by atoms with van der Waals surface area (Å²) in [7, 11) is 0. The highest BCUT2D eigenvalue weighted by Crippen LogP contribution is 2.39. The van der Waals surface area contributed by atoms with Crippen LogP contribution < -0.4 is 5.32 Å². The van der Waals surface area contributed by atoms with Gasteiger partial charge in [0.2, 0.25) is 0 Å². The van der Waals surface area contributed by atoms with E-state index in [1.54, 1.807) is 12.1 Å². The summed E-state index contributed by atoms with van der Waals surface area (Å²) in [6, 6.07) is 6.75. The summed E-state index contributed by atoms with van der Waals surface area (Å²) < 4.78 is 39.7. The van der Waals surface area contributed by atoms with Gasteiger partial charge in [0.05, 0.1) is 5.92 Å². The lowest BCUT2D eigenvalue weighted by atomic mass is 9.84. The van der Waals surface area contributed by atoms with Crippen LogP contribution in [0.25, 0.3) is 0 Å². The van der Waals surface area contributed by atoms with Crippen molar-refractivity contribution >= 4 is 21.6 Å². The fourth-order valence-corrected chi connectivity index (χ4v) is 2.72. The van der Waals surface area contributed by atoms with Crippen LogP contribution >= 0.6 is 15.9 Å². The lowest BCUT2D eigenvalue weighted by Crippen LogP contribution is -2.41. The molecule has 2 rings (SSSR count). The largest absolute Gasteiger partial charge is 0.393 e. The minimum Gasteiger partial charge on any atom is -0.382 e. The van der Waals surface area contributed by atoms with Crippen LogP contribution in [0.1, 0.15) is 25.7 Å². The second-order valence-corrected chi connectivity index (χ2v) is 5.61. The summed E-state index contributed by atoms with van der Waals surface area (Å²) in [6.07, 6.45) is -1.76. The van der Waals surface area contributed by atoms with Gasteiger partial charge in [-0.15, -0.1) is 0 Å². The van der Waals surface area contributed by atoms with E-state index in [1.807, 2.05) is 12.1 Å². The van der Waals surface area contributed by atoms with Crippen LogP contribution in [-0.2, 0) is 0 Å². The molecule has 100 valence electrons. The molecule has 0 heterocycles. The van der Waals surface area contributed by atoms with E-state index in [-0.39, 0.29) is 6.42 Å². The quantitative estimate of drug-likeness (QED) is 0.809. The average molecular weight is 322 g/mol. The number of alkyl halides is 3. The molecule has 1 aliphatic carbocycles. The van der Waals surface area contributed by atoms with E-state index in [2.05, 4.69) is 21.2 Å². The molecule has 1 fully saturated rings. The van der Waals surface area contributed by atoms with Gasteiger partial charge in [0.25, 0.3) is 0 Å². The Hall–Kier alpha value is -0.710. The smallest absolute Gasteiger partial charge is 0.382 e. The maximum Gasteiger partial charge on any atom is 0.393 e. The van der Waals surface area contributed by atoms with Crippen molar-refractivity contribution in [2.24, 2.45) is 5.92 Å². The van der Waals surface area contributed by atoms with Gasteiger partial charge in [-0.2, -0.15) is 13.2 Å². The van der Waals surface area contributed by atoms with Crippen molar-refractivity contribution in [3.63, 3.8) is 0 Å². The maximum absolute atomic E-state index is 12.9. The van der Waals surface area contributed by atoms with Crippen molar-refractivity contribution in [3.05, 3.63) is 28.7 Å². The Morgan fingerprint density at radius 3 is 2.28 bits per heavy atom. The molecule has 1 aromatic carbocycles. The first-order valence-corrected chi connectivity index (χ1v) is 6.85. The Morgan fingerprint density at radius 2 is 1.67 bits per heavy atom. The molecule has 0 radical (unpaired) electrons. The Morgan fingerprint density at radius 1 is 1.06 bits per heavy atom. The predicted octanol–water partition coefficient (Wildman–Crippen LogP) is 4.98. The van der Waals surface area contributed by atoms with E-state index in [1.165, 1.54) is 0 Å². The highest BCUT2D eigenvalue weighted by atomic mass is 79.9. The highest BCUT2D eigenvalue weighted by molar-refractivity contribution is 9.10. The topological polar surface area (TPSA) is 12.0 Å². The Labute approximate surface area is 113 Å². The molecule has 0 saturated heterocycles. The van der Waals surface area contributed by atoms with Crippen LogP contribution in [-0.4, -0.2) is 12.2 Å². The van der Waals surface area contributed by atoms with Gasteiger partial charge < -0.3 is 5.32 Å². The molecule has 1 saturated carbocycles. The zero-order valence-electron chi connectivity index (χ0n) is 9.80. The summed E-state index contributed by atoms with van der Waals surface area (Å²) in [5.74, 6) is -1.23. The maximum atomic E-state index is 12.9. The van der Waals surface area contributed by atoms with E-state index in [4.69, 9.17) is 0 Å². The average Bonchev–Trinajstić information content (AvgIpc) is 2.31. The summed E-state index contributed by atoms with van der Waals surface area (Å²) in [5.41, 5.74) is 0.749. The summed E-state index contributed by atoms with van der Waals surface area (Å²) >= 11 is 3.31. The number of hydrogen-bond acceptors (Lipinski definition) is 1. The normalized spacial score (nSPS) is 24.9. The van der Waals surface area contributed by atoms with E-state index in [9.17, 15) is 13.2 Å². The molecule has 5 heteroatoms. The first-order valence-electron chi connectivity index (χ1n) is 6.05. The van der Waals surface area contributed by atoms with E-state index >= 15 is 0 Å². The van der Waals surface area contributed by atoms with Crippen molar-refractivity contribution < 1.29 is 13.2 Å². The number of halogens is 4. The number of benzene rings is 1. The van der Waals surface area contributed by atoms with Crippen molar-refractivity contribution in [3.8, 4) is 0 Å². The van der Waals surface area contributed by atoms with Crippen LogP contribution in [0, 0.1) is 5.92 Å². The fraction of sp³-hybridized carbons (Fsp3) is 0.538. The zero-order chi connectivity index (χ0) is 13.2. The van der Waals surface area contributed by atoms with Gasteiger partial charge in [-0.05, 0) is 37.1 Å². The minimum atomic E-state index is -4.10. The number of hydrogen-bond donors (Lipinski definition) is 1. The Bertz CT molecular complexity index is 388. The van der Waals surface area contributed by atoms with Crippen molar-refractivity contribution in [2.75, 3.05) is 5.32 Å². The molecule has 0 spiro atoms. The fourth-order valence-electron chi connectivity index (χ4n) is 2.46. The van der Waals surface area contributed by atoms with Crippen LogP contribution in [0.2, 0.25) is 0 Å². The van der Waals surface area contributed by atoms with Gasteiger partial charge in [-0.3, -0.25) is 0 Å². The zero-order valence-corrected chi connectivity index (χ0v) is 11.4. The first-order chi connectivity index (χ1) is 8.47. The third-order valence-corrected chi connectivity index (χ3v) is 3.91. The molecule has 1 aliphatic rings. The monoisotopic (exact) mass is 321 g/mol. The lowest BCUT2D eigenvalue weighted by molar-refractivity contribution is -0.184. The third-order valence-electron chi connectivity index (χ3n) is 3.38. The molecule has 0 aromatic heterocycles.